The number of rotatable bonds is 5. The van der Waals surface area contributed by atoms with Crippen LogP contribution >= 0.6 is 0 Å². The second-order valence-electron chi connectivity index (χ2n) is 3.81. The van der Waals surface area contributed by atoms with E-state index >= 15 is 0 Å². The molecule has 0 heterocycles. The molecule has 108 valence electrons. The lowest BCUT2D eigenvalue weighted by Gasteiger charge is -2.07. The second-order valence-corrected chi connectivity index (χ2v) is 5.58. The van der Waals surface area contributed by atoms with Crippen LogP contribution in [0.25, 0.3) is 0 Å². The average Bonchev–Trinajstić information content (AvgIpc) is 2.44. The zero-order chi connectivity index (χ0) is 15.0. The predicted molar refractivity (Wildman–Crippen MR) is 76.2 cm³/mol. The average molecular weight is 295 g/mol. The minimum atomic E-state index is -3.73. The molecule has 0 aliphatic heterocycles. The predicted octanol–water partition coefficient (Wildman–Crippen LogP) is -0.589. The summed E-state index contributed by atoms with van der Waals surface area (Å²) in [7, 11) is -3.73. The highest BCUT2D eigenvalue weighted by molar-refractivity contribution is 7.89. The number of likely N-dealkylation sites (N-methyl/N-ethyl adjacent to an activating group) is 1. The Bertz CT molecular complexity index is 630. The maximum Gasteiger partial charge on any atom is 0.241 e. The van der Waals surface area contributed by atoms with Gasteiger partial charge in [0.05, 0.1) is 18.0 Å². The lowest BCUT2D eigenvalue weighted by atomic mass is 10.2. The first-order valence-corrected chi connectivity index (χ1v) is 7.53. The van der Waals surface area contributed by atoms with Crippen molar-refractivity contribution in [2.45, 2.75) is 11.8 Å². The fourth-order valence-corrected chi connectivity index (χ4v) is 2.43. The number of carbonyl (C=O) groups excluding carboxylic acids is 1. The Hall–Kier alpha value is -1.88. The molecule has 0 aliphatic rings. The molecule has 1 aromatic carbocycles. The molecule has 0 atom stereocenters. The first kappa shape index (κ1) is 16.2. The van der Waals surface area contributed by atoms with Crippen LogP contribution in [0.5, 0.6) is 0 Å². The lowest BCUT2D eigenvalue weighted by Crippen LogP contribution is -2.36. The molecule has 0 radical (unpaired) electrons. The summed E-state index contributed by atoms with van der Waals surface area (Å²) in [5.41, 5.74) is 5.81. The van der Waals surface area contributed by atoms with Gasteiger partial charge in [0.15, 0.2) is 0 Å². The van der Waals surface area contributed by atoms with Gasteiger partial charge in [-0.15, -0.1) is 0 Å². The summed E-state index contributed by atoms with van der Waals surface area (Å²) in [6, 6.07) is 6.14. The van der Waals surface area contributed by atoms with Crippen LogP contribution in [0.15, 0.2) is 29.2 Å². The van der Waals surface area contributed by atoms with E-state index in [2.05, 4.69) is 21.9 Å². The smallest absolute Gasteiger partial charge is 0.241 e. The minimum absolute atomic E-state index is 0.0608. The minimum Gasteiger partial charge on any atom is -0.355 e. The fraction of sp³-hybridized carbons (Fsp3) is 0.308. The summed E-state index contributed by atoms with van der Waals surface area (Å²) in [4.78, 5) is 11.3. The van der Waals surface area contributed by atoms with E-state index in [-0.39, 0.29) is 23.9 Å². The summed E-state index contributed by atoms with van der Waals surface area (Å²) in [6.07, 6.45) is 0. The first-order valence-electron chi connectivity index (χ1n) is 6.05. The zero-order valence-corrected chi connectivity index (χ0v) is 12.0. The van der Waals surface area contributed by atoms with Gasteiger partial charge in [0.2, 0.25) is 15.9 Å². The molecule has 6 nitrogen and oxygen atoms in total. The van der Waals surface area contributed by atoms with E-state index in [9.17, 15) is 13.2 Å². The molecule has 0 unspecified atom stereocenters. The van der Waals surface area contributed by atoms with Crippen LogP contribution in [-0.2, 0) is 14.8 Å². The number of nitrogens with two attached hydrogens (primary N) is 1. The van der Waals surface area contributed by atoms with Crippen LogP contribution < -0.4 is 15.8 Å². The second kappa shape index (κ2) is 7.65. The number of nitrogens with one attached hydrogen (secondary N) is 2. The largest absolute Gasteiger partial charge is 0.355 e. The third-order valence-corrected chi connectivity index (χ3v) is 3.67. The number of hydrogen-bond donors (Lipinski definition) is 3. The van der Waals surface area contributed by atoms with Gasteiger partial charge in [-0.05, 0) is 25.1 Å². The van der Waals surface area contributed by atoms with Crippen molar-refractivity contribution in [2.75, 3.05) is 19.6 Å². The van der Waals surface area contributed by atoms with Crippen molar-refractivity contribution in [1.82, 2.24) is 10.0 Å². The summed E-state index contributed by atoms with van der Waals surface area (Å²) < 4.78 is 26.2. The molecule has 20 heavy (non-hydrogen) atoms. The number of carbonyl (C=O) groups is 1. The van der Waals surface area contributed by atoms with Crippen molar-refractivity contribution >= 4 is 15.9 Å². The number of hydrogen-bond acceptors (Lipinski definition) is 4. The van der Waals surface area contributed by atoms with E-state index in [1.807, 2.05) is 0 Å². The zero-order valence-electron chi connectivity index (χ0n) is 11.1. The molecule has 0 saturated carbocycles. The van der Waals surface area contributed by atoms with Gasteiger partial charge < -0.3 is 11.1 Å². The van der Waals surface area contributed by atoms with E-state index in [1.165, 1.54) is 12.1 Å². The van der Waals surface area contributed by atoms with Gasteiger partial charge in [0.1, 0.15) is 0 Å². The molecule has 0 spiro atoms. The van der Waals surface area contributed by atoms with Gasteiger partial charge in [-0.2, -0.15) is 0 Å². The quantitative estimate of drug-likeness (QED) is 0.632. The van der Waals surface area contributed by atoms with Crippen LogP contribution in [0.4, 0.5) is 0 Å². The molecular formula is C13H17N3O3S. The van der Waals surface area contributed by atoms with Crippen molar-refractivity contribution in [3.05, 3.63) is 29.8 Å². The molecule has 4 N–H and O–H groups in total. The normalized spacial score (nSPS) is 10.5. The fourth-order valence-electron chi connectivity index (χ4n) is 1.40. The SMILES string of the molecule is CCNC(=O)CNS(=O)(=O)c1cccc(C#CCN)c1. The van der Waals surface area contributed by atoms with Gasteiger partial charge in [0.25, 0.3) is 0 Å². The third-order valence-electron chi connectivity index (χ3n) is 2.28. The number of amides is 1. The van der Waals surface area contributed by atoms with Crippen molar-refractivity contribution in [2.24, 2.45) is 5.73 Å². The van der Waals surface area contributed by atoms with E-state index in [1.54, 1.807) is 19.1 Å². The number of sulfonamides is 1. The van der Waals surface area contributed by atoms with E-state index in [0.717, 1.165) is 0 Å². The van der Waals surface area contributed by atoms with E-state index < -0.39 is 10.0 Å². The van der Waals surface area contributed by atoms with Crippen molar-refractivity contribution in [3.63, 3.8) is 0 Å². The summed E-state index contributed by atoms with van der Waals surface area (Å²) in [5.74, 6) is 5.02. The van der Waals surface area contributed by atoms with E-state index in [4.69, 9.17) is 5.73 Å². The Morgan fingerprint density at radius 3 is 2.80 bits per heavy atom. The van der Waals surface area contributed by atoms with Gasteiger partial charge in [-0.25, -0.2) is 13.1 Å². The number of benzene rings is 1. The highest BCUT2D eigenvalue weighted by Crippen LogP contribution is 2.10. The summed E-state index contributed by atoms with van der Waals surface area (Å²) >= 11 is 0. The van der Waals surface area contributed by atoms with Gasteiger partial charge in [-0.1, -0.05) is 17.9 Å². The molecule has 1 aromatic rings. The van der Waals surface area contributed by atoms with Gasteiger partial charge in [0, 0.05) is 12.1 Å². The van der Waals surface area contributed by atoms with Gasteiger partial charge >= 0.3 is 0 Å². The Balaban J connectivity index is 2.84. The van der Waals surface area contributed by atoms with Gasteiger partial charge in [-0.3, -0.25) is 4.79 Å². The van der Waals surface area contributed by atoms with Crippen LogP contribution in [0.3, 0.4) is 0 Å². The Kier molecular flexibility index (Phi) is 6.18. The topological polar surface area (TPSA) is 101 Å². The third kappa shape index (κ3) is 5.01. The molecule has 7 heteroatoms. The lowest BCUT2D eigenvalue weighted by molar-refractivity contribution is -0.119. The Morgan fingerprint density at radius 1 is 1.40 bits per heavy atom. The Labute approximate surface area is 118 Å². The van der Waals surface area contributed by atoms with Crippen molar-refractivity contribution in [3.8, 4) is 11.8 Å². The van der Waals surface area contributed by atoms with E-state index in [0.29, 0.717) is 12.1 Å². The van der Waals surface area contributed by atoms with Crippen LogP contribution in [0, 0.1) is 11.8 Å². The van der Waals surface area contributed by atoms with Crippen LogP contribution in [0.1, 0.15) is 12.5 Å². The maximum absolute atomic E-state index is 12.0. The molecule has 0 saturated heterocycles. The highest BCUT2D eigenvalue weighted by atomic mass is 32.2. The molecular weight excluding hydrogens is 278 g/mol. The molecule has 0 aliphatic carbocycles. The standard InChI is InChI=1S/C13H17N3O3S/c1-2-15-13(17)10-16-20(18,19)12-7-3-5-11(9-12)6-4-8-14/h3,5,7,9,16H,2,8,10,14H2,1H3,(H,15,17). The van der Waals surface area contributed by atoms with Crippen LogP contribution in [0.2, 0.25) is 0 Å². The van der Waals surface area contributed by atoms with Crippen molar-refractivity contribution in [1.29, 1.82) is 0 Å². The monoisotopic (exact) mass is 295 g/mol. The van der Waals surface area contributed by atoms with Crippen LogP contribution in [-0.4, -0.2) is 34.0 Å². The Morgan fingerprint density at radius 2 is 2.15 bits per heavy atom. The highest BCUT2D eigenvalue weighted by Gasteiger charge is 2.15. The molecule has 0 fully saturated rings. The molecule has 0 aromatic heterocycles. The first-order chi connectivity index (χ1) is 9.49. The van der Waals surface area contributed by atoms with Crippen molar-refractivity contribution < 1.29 is 13.2 Å². The molecule has 1 rings (SSSR count). The molecule has 0 bridgehead atoms. The maximum atomic E-state index is 12.0. The summed E-state index contributed by atoms with van der Waals surface area (Å²) in [5, 5.41) is 2.51. The molecule has 1 amide bonds. The summed E-state index contributed by atoms with van der Waals surface area (Å²) in [6.45, 7) is 2.11.